The Morgan fingerprint density at radius 2 is 1.87 bits per heavy atom. The first-order chi connectivity index (χ1) is 14.6. The van der Waals surface area contributed by atoms with Crippen molar-refractivity contribution in [3.8, 4) is 5.75 Å². The predicted octanol–water partition coefficient (Wildman–Crippen LogP) is 2.92. The molecule has 1 saturated heterocycles. The molecule has 0 unspecified atom stereocenters. The first kappa shape index (κ1) is 19.1. The van der Waals surface area contributed by atoms with E-state index in [9.17, 15) is 14.3 Å². The number of nitrogens with zero attached hydrogens (tertiary/aromatic N) is 2. The van der Waals surface area contributed by atoms with E-state index in [0.717, 1.165) is 16.6 Å². The number of para-hydroxylation sites is 1. The van der Waals surface area contributed by atoms with E-state index in [1.165, 1.54) is 12.1 Å². The molecule has 1 saturated carbocycles. The van der Waals surface area contributed by atoms with Gasteiger partial charge in [0.1, 0.15) is 17.7 Å². The Bertz CT molecular complexity index is 1050. The summed E-state index contributed by atoms with van der Waals surface area (Å²) in [6, 6.07) is 13.6. The number of rotatable bonds is 4. The molecule has 0 spiro atoms. The van der Waals surface area contributed by atoms with Gasteiger partial charge in [0.2, 0.25) is 5.91 Å². The van der Waals surface area contributed by atoms with Crippen molar-refractivity contribution in [3.63, 3.8) is 0 Å². The fourth-order valence-corrected chi connectivity index (χ4v) is 4.82. The lowest BCUT2D eigenvalue weighted by molar-refractivity contribution is -0.129. The van der Waals surface area contributed by atoms with E-state index in [1.54, 1.807) is 12.1 Å². The van der Waals surface area contributed by atoms with Crippen molar-refractivity contribution in [2.75, 3.05) is 13.1 Å². The van der Waals surface area contributed by atoms with Crippen molar-refractivity contribution in [1.29, 1.82) is 0 Å². The number of hydrogen-bond acceptors (Lipinski definition) is 4. The minimum absolute atomic E-state index is 0.0734. The first-order valence-electron chi connectivity index (χ1n) is 10.4. The average Bonchev–Trinajstić information content (AvgIpc) is 3.34. The summed E-state index contributed by atoms with van der Waals surface area (Å²) in [4.78, 5) is 14.8. The maximum atomic E-state index is 13.1. The van der Waals surface area contributed by atoms with E-state index in [4.69, 9.17) is 4.74 Å². The molecule has 2 heterocycles. The molecule has 2 fully saturated rings. The summed E-state index contributed by atoms with van der Waals surface area (Å²) in [5.41, 5.74) is 1.70. The molecule has 7 heteroatoms. The molecule has 0 radical (unpaired) electrons. The number of nitrogens with one attached hydrogen (secondary N) is 1. The monoisotopic (exact) mass is 409 g/mol. The van der Waals surface area contributed by atoms with Crippen LogP contribution in [-0.4, -0.2) is 51.4 Å². The van der Waals surface area contributed by atoms with Crippen LogP contribution >= 0.6 is 0 Å². The van der Waals surface area contributed by atoms with Crippen molar-refractivity contribution in [3.05, 3.63) is 60.0 Å². The van der Waals surface area contributed by atoms with Crippen molar-refractivity contribution in [1.82, 2.24) is 15.1 Å². The number of aromatic nitrogens is 2. The maximum Gasteiger partial charge on any atom is 0.228 e. The summed E-state index contributed by atoms with van der Waals surface area (Å²) in [7, 11) is 0. The summed E-state index contributed by atoms with van der Waals surface area (Å²) in [6.07, 6.45) is 0.636. The molecule has 1 aliphatic carbocycles. The molecule has 2 N–H and O–H groups in total. The number of fused-ring (bicyclic) bond motifs is 2. The number of carbonyl (C=O) groups is 1. The molecule has 1 aliphatic heterocycles. The number of carbonyl (C=O) groups excluding carboxylic acids is 1. The van der Waals surface area contributed by atoms with Crippen molar-refractivity contribution in [2.45, 2.75) is 31.5 Å². The topological polar surface area (TPSA) is 78.5 Å². The molecule has 156 valence electrons. The van der Waals surface area contributed by atoms with E-state index >= 15 is 0 Å². The highest BCUT2D eigenvalue weighted by Crippen LogP contribution is 2.38. The summed E-state index contributed by atoms with van der Waals surface area (Å²) in [5.74, 6) is 0.874. The van der Waals surface area contributed by atoms with Gasteiger partial charge < -0.3 is 14.7 Å². The van der Waals surface area contributed by atoms with Gasteiger partial charge in [-0.3, -0.25) is 9.89 Å². The fourth-order valence-electron chi connectivity index (χ4n) is 4.82. The van der Waals surface area contributed by atoms with Gasteiger partial charge in [0, 0.05) is 18.5 Å². The van der Waals surface area contributed by atoms with Crippen LogP contribution in [0.15, 0.2) is 48.5 Å². The number of benzene rings is 2. The zero-order chi connectivity index (χ0) is 20.7. The minimum atomic E-state index is -0.595. The van der Waals surface area contributed by atoms with Gasteiger partial charge in [-0.15, -0.1) is 0 Å². The van der Waals surface area contributed by atoms with Crippen LogP contribution in [0.4, 0.5) is 4.39 Å². The van der Waals surface area contributed by atoms with Gasteiger partial charge in [-0.05, 0) is 55.0 Å². The number of amides is 1. The number of aliphatic hydroxyl groups excluding tert-OH is 1. The van der Waals surface area contributed by atoms with Gasteiger partial charge in [-0.1, -0.05) is 18.2 Å². The van der Waals surface area contributed by atoms with Crippen molar-refractivity contribution < 1.29 is 19.0 Å². The Hall–Kier alpha value is -2.93. The number of halogens is 1. The molecule has 0 bridgehead atoms. The fraction of sp³-hybridized carbons (Fsp3) is 0.391. The third-order valence-electron chi connectivity index (χ3n) is 6.41. The Balaban J connectivity index is 1.23. The summed E-state index contributed by atoms with van der Waals surface area (Å²) < 4.78 is 19.0. The van der Waals surface area contributed by atoms with Crippen LogP contribution in [0.2, 0.25) is 0 Å². The van der Waals surface area contributed by atoms with Gasteiger partial charge in [0.05, 0.1) is 23.7 Å². The summed E-state index contributed by atoms with van der Waals surface area (Å²) in [5, 5.41) is 18.8. The normalized spacial score (nSPS) is 26.0. The lowest BCUT2D eigenvalue weighted by atomic mass is 9.78. The lowest BCUT2D eigenvalue weighted by Gasteiger charge is -2.35. The van der Waals surface area contributed by atoms with Crippen LogP contribution in [0.1, 0.15) is 18.5 Å². The maximum absolute atomic E-state index is 13.1. The van der Waals surface area contributed by atoms with Gasteiger partial charge >= 0.3 is 0 Å². The smallest absolute Gasteiger partial charge is 0.228 e. The molecule has 2 aliphatic rings. The number of ether oxygens (including phenoxy) is 1. The standard InChI is InChI=1S/C23H24FN3O3/c24-16-5-7-17(8-6-16)30-22-10-15-13-27(12-14(15)9-21(22)28)23(29)11-20-18-3-1-2-4-19(18)25-26-20/h1-8,14-15,21-22,28H,9-13H2,(H,25,26)/t14-,15+,21+,22+/m0/s1. The van der Waals surface area contributed by atoms with Crippen LogP contribution in [0, 0.1) is 17.7 Å². The number of aliphatic hydroxyl groups is 1. The van der Waals surface area contributed by atoms with Crippen LogP contribution in [-0.2, 0) is 11.2 Å². The van der Waals surface area contributed by atoms with E-state index < -0.39 is 6.10 Å². The molecule has 1 amide bonds. The van der Waals surface area contributed by atoms with Gasteiger partial charge in [0.25, 0.3) is 0 Å². The Labute approximate surface area is 173 Å². The van der Waals surface area contributed by atoms with Gasteiger partial charge in [-0.2, -0.15) is 5.10 Å². The van der Waals surface area contributed by atoms with Crippen molar-refractivity contribution >= 4 is 16.8 Å². The molecule has 30 heavy (non-hydrogen) atoms. The third-order valence-corrected chi connectivity index (χ3v) is 6.41. The highest BCUT2D eigenvalue weighted by atomic mass is 19.1. The molecule has 6 nitrogen and oxygen atoms in total. The quantitative estimate of drug-likeness (QED) is 0.695. The second kappa shape index (κ2) is 7.72. The van der Waals surface area contributed by atoms with Crippen LogP contribution in [0.5, 0.6) is 5.75 Å². The number of aromatic amines is 1. The van der Waals surface area contributed by atoms with E-state index in [-0.39, 0.29) is 30.2 Å². The van der Waals surface area contributed by atoms with Crippen molar-refractivity contribution in [2.24, 2.45) is 11.8 Å². The highest BCUT2D eigenvalue weighted by molar-refractivity contribution is 5.87. The molecular weight excluding hydrogens is 385 g/mol. The second-order valence-electron chi connectivity index (χ2n) is 8.36. The number of hydrogen-bond donors (Lipinski definition) is 2. The SMILES string of the molecule is O=C(Cc1[nH]nc2ccccc12)N1C[C@H]2C[C@@H](Oc3ccc(F)cc3)[C@H](O)C[C@H]2C1. The summed E-state index contributed by atoms with van der Waals surface area (Å²) >= 11 is 0. The molecule has 5 rings (SSSR count). The molecular formula is C23H24FN3O3. The Morgan fingerprint density at radius 1 is 1.13 bits per heavy atom. The third kappa shape index (κ3) is 3.65. The predicted molar refractivity (Wildman–Crippen MR) is 109 cm³/mol. The average molecular weight is 409 g/mol. The molecule has 2 aromatic carbocycles. The molecule has 3 aromatic rings. The van der Waals surface area contributed by atoms with Crippen LogP contribution in [0.25, 0.3) is 10.9 Å². The zero-order valence-corrected chi connectivity index (χ0v) is 16.5. The number of H-pyrrole nitrogens is 1. The van der Waals surface area contributed by atoms with Crippen LogP contribution < -0.4 is 4.74 Å². The van der Waals surface area contributed by atoms with E-state index in [1.807, 2.05) is 29.2 Å². The number of likely N-dealkylation sites (tertiary alicyclic amines) is 1. The summed E-state index contributed by atoms with van der Waals surface area (Å²) in [6.45, 7) is 1.33. The second-order valence-corrected chi connectivity index (χ2v) is 8.36. The van der Waals surface area contributed by atoms with E-state index in [2.05, 4.69) is 10.2 Å². The lowest BCUT2D eigenvalue weighted by Crippen LogP contribution is -2.42. The van der Waals surface area contributed by atoms with Gasteiger partial charge in [0.15, 0.2) is 0 Å². The van der Waals surface area contributed by atoms with E-state index in [0.29, 0.717) is 37.6 Å². The molecule has 1 aromatic heterocycles. The first-order valence-corrected chi connectivity index (χ1v) is 10.4. The Kier molecular flexibility index (Phi) is 4.90. The minimum Gasteiger partial charge on any atom is -0.488 e. The van der Waals surface area contributed by atoms with Crippen LogP contribution in [0.3, 0.4) is 0 Å². The van der Waals surface area contributed by atoms with Gasteiger partial charge in [-0.25, -0.2) is 4.39 Å². The highest BCUT2D eigenvalue weighted by Gasteiger charge is 2.43. The Morgan fingerprint density at radius 3 is 2.67 bits per heavy atom. The zero-order valence-electron chi connectivity index (χ0n) is 16.5. The molecule has 4 atom stereocenters. The largest absolute Gasteiger partial charge is 0.488 e.